The van der Waals surface area contributed by atoms with Crippen LogP contribution in [0.3, 0.4) is 0 Å². The summed E-state index contributed by atoms with van der Waals surface area (Å²) in [5.41, 5.74) is 5.26. The van der Waals surface area contributed by atoms with E-state index in [2.05, 4.69) is 10.3 Å². The van der Waals surface area contributed by atoms with E-state index in [-0.39, 0.29) is 17.5 Å². The lowest BCUT2D eigenvalue weighted by molar-refractivity contribution is -0.121. The highest BCUT2D eigenvalue weighted by molar-refractivity contribution is 7.90. The molecule has 2 heterocycles. The number of rotatable bonds is 3. The van der Waals surface area contributed by atoms with Crippen molar-refractivity contribution in [3.05, 3.63) is 18.3 Å². The van der Waals surface area contributed by atoms with Gasteiger partial charge in [0.2, 0.25) is 5.91 Å². The summed E-state index contributed by atoms with van der Waals surface area (Å²) in [5, 5.41) is 2.56. The number of amides is 1. The first-order valence-electron chi connectivity index (χ1n) is 5.65. The first-order chi connectivity index (χ1) is 8.81. The molecule has 0 bridgehead atoms. The van der Waals surface area contributed by atoms with Crippen LogP contribution in [0.2, 0.25) is 0 Å². The predicted molar refractivity (Wildman–Crippen MR) is 68.3 cm³/mol. The minimum absolute atomic E-state index is 0.0443. The molecule has 1 saturated heterocycles. The number of carbonyl (C=O) groups is 1. The standard InChI is InChI=1S/C11H15N3O4S/c1-19(16,17)9-3-2-8(6-13-9)14-10(15)11(12)4-5-18-7-11/h2-3,6H,4-5,7,12H2,1H3,(H,14,15). The van der Waals surface area contributed by atoms with Crippen molar-refractivity contribution in [3.8, 4) is 0 Å². The number of hydrogen-bond donors (Lipinski definition) is 2. The molecule has 0 saturated carbocycles. The number of carbonyl (C=O) groups excluding carboxylic acids is 1. The van der Waals surface area contributed by atoms with Gasteiger partial charge in [0.05, 0.1) is 18.5 Å². The fourth-order valence-electron chi connectivity index (χ4n) is 1.69. The fourth-order valence-corrected chi connectivity index (χ4v) is 2.25. The van der Waals surface area contributed by atoms with Crippen molar-refractivity contribution in [1.82, 2.24) is 4.98 Å². The Bertz CT molecular complexity index is 576. The first-order valence-corrected chi connectivity index (χ1v) is 7.55. The number of aromatic nitrogens is 1. The molecule has 19 heavy (non-hydrogen) atoms. The Labute approximate surface area is 111 Å². The second-order valence-electron chi connectivity index (χ2n) is 4.57. The molecule has 2 rings (SSSR count). The van der Waals surface area contributed by atoms with E-state index in [1.165, 1.54) is 18.3 Å². The molecule has 1 fully saturated rings. The van der Waals surface area contributed by atoms with Crippen LogP contribution in [0.1, 0.15) is 6.42 Å². The maximum atomic E-state index is 12.0. The van der Waals surface area contributed by atoms with Gasteiger partial charge in [0.1, 0.15) is 5.54 Å². The van der Waals surface area contributed by atoms with Crippen molar-refractivity contribution < 1.29 is 17.9 Å². The molecule has 3 N–H and O–H groups in total. The molecular weight excluding hydrogens is 270 g/mol. The summed E-state index contributed by atoms with van der Waals surface area (Å²) in [4.78, 5) is 15.7. The van der Waals surface area contributed by atoms with Gasteiger partial charge >= 0.3 is 0 Å². The highest BCUT2D eigenvalue weighted by atomic mass is 32.2. The Morgan fingerprint density at radius 3 is 2.74 bits per heavy atom. The van der Waals surface area contributed by atoms with Gasteiger partial charge in [0.15, 0.2) is 14.9 Å². The molecule has 104 valence electrons. The third-order valence-electron chi connectivity index (χ3n) is 2.88. The van der Waals surface area contributed by atoms with Gasteiger partial charge in [-0.25, -0.2) is 13.4 Å². The van der Waals surface area contributed by atoms with Gasteiger partial charge in [-0.05, 0) is 18.6 Å². The first kappa shape index (κ1) is 13.9. The smallest absolute Gasteiger partial charge is 0.246 e. The lowest BCUT2D eigenvalue weighted by atomic mass is 9.99. The van der Waals surface area contributed by atoms with Gasteiger partial charge in [-0.15, -0.1) is 0 Å². The monoisotopic (exact) mass is 285 g/mol. The summed E-state index contributed by atoms with van der Waals surface area (Å²) in [5.74, 6) is -0.362. The quantitative estimate of drug-likeness (QED) is 0.777. The minimum Gasteiger partial charge on any atom is -0.379 e. The van der Waals surface area contributed by atoms with Crippen LogP contribution in [0, 0.1) is 0 Å². The fraction of sp³-hybridized carbons (Fsp3) is 0.455. The Morgan fingerprint density at radius 2 is 2.26 bits per heavy atom. The summed E-state index contributed by atoms with van der Waals surface area (Å²) in [6.45, 7) is 0.628. The van der Waals surface area contributed by atoms with E-state index in [9.17, 15) is 13.2 Å². The molecule has 1 aliphatic heterocycles. The summed E-state index contributed by atoms with van der Waals surface area (Å²) in [7, 11) is -3.34. The van der Waals surface area contributed by atoms with E-state index in [1.807, 2.05) is 0 Å². The zero-order chi connectivity index (χ0) is 14.1. The topological polar surface area (TPSA) is 111 Å². The van der Waals surface area contributed by atoms with Crippen LogP contribution < -0.4 is 11.1 Å². The van der Waals surface area contributed by atoms with E-state index in [1.54, 1.807) is 0 Å². The van der Waals surface area contributed by atoms with E-state index < -0.39 is 15.4 Å². The van der Waals surface area contributed by atoms with Crippen molar-refractivity contribution in [3.63, 3.8) is 0 Å². The largest absolute Gasteiger partial charge is 0.379 e. The number of anilines is 1. The van der Waals surface area contributed by atoms with E-state index in [0.717, 1.165) is 6.26 Å². The van der Waals surface area contributed by atoms with Crippen LogP contribution in [0.25, 0.3) is 0 Å². The van der Waals surface area contributed by atoms with Gasteiger partial charge in [-0.2, -0.15) is 0 Å². The lowest BCUT2D eigenvalue weighted by Crippen LogP contribution is -2.51. The van der Waals surface area contributed by atoms with Gasteiger partial charge < -0.3 is 15.8 Å². The van der Waals surface area contributed by atoms with E-state index in [4.69, 9.17) is 10.5 Å². The predicted octanol–water partition coefficient (Wildman–Crippen LogP) is -0.459. The minimum atomic E-state index is -3.34. The molecule has 0 aromatic carbocycles. The molecule has 0 spiro atoms. The van der Waals surface area contributed by atoms with Crippen LogP contribution in [-0.2, 0) is 19.4 Å². The number of nitrogens with two attached hydrogens (primary N) is 1. The summed E-state index contributed by atoms with van der Waals surface area (Å²) >= 11 is 0. The molecular formula is C11H15N3O4S. The Morgan fingerprint density at radius 1 is 1.53 bits per heavy atom. The molecule has 1 aliphatic rings. The van der Waals surface area contributed by atoms with Gasteiger partial charge in [0.25, 0.3) is 0 Å². The third kappa shape index (κ3) is 3.09. The molecule has 1 amide bonds. The van der Waals surface area contributed by atoms with Gasteiger partial charge in [-0.1, -0.05) is 0 Å². The number of sulfone groups is 1. The average molecular weight is 285 g/mol. The van der Waals surface area contributed by atoms with Crippen molar-refractivity contribution in [2.24, 2.45) is 5.73 Å². The lowest BCUT2D eigenvalue weighted by Gasteiger charge is -2.20. The van der Waals surface area contributed by atoms with Gasteiger partial charge in [-0.3, -0.25) is 4.79 Å². The Kier molecular flexibility index (Phi) is 3.57. The molecule has 1 atom stereocenters. The van der Waals surface area contributed by atoms with Crippen molar-refractivity contribution in [2.45, 2.75) is 17.0 Å². The number of hydrogen-bond acceptors (Lipinski definition) is 6. The van der Waals surface area contributed by atoms with Crippen LogP contribution in [0.4, 0.5) is 5.69 Å². The molecule has 1 aromatic rings. The normalized spacial score (nSPS) is 23.3. The number of ether oxygens (including phenoxy) is 1. The van der Waals surface area contributed by atoms with Crippen molar-refractivity contribution in [1.29, 1.82) is 0 Å². The SMILES string of the molecule is CS(=O)(=O)c1ccc(NC(=O)C2(N)CCOC2)cn1. The molecule has 8 heteroatoms. The highest BCUT2D eigenvalue weighted by Crippen LogP contribution is 2.18. The van der Waals surface area contributed by atoms with Gasteiger partial charge in [0, 0.05) is 12.9 Å². The number of nitrogens with zero attached hydrogens (tertiary/aromatic N) is 1. The molecule has 1 unspecified atom stereocenters. The molecule has 0 radical (unpaired) electrons. The number of pyridine rings is 1. The van der Waals surface area contributed by atoms with Crippen molar-refractivity contribution in [2.75, 3.05) is 24.8 Å². The maximum Gasteiger partial charge on any atom is 0.246 e. The van der Waals surface area contributed by atoms with Crippen LogP contribution in [0.5, 0.6) is 0 Å². The Balaban J connectivity index is 2.10. The average Bonchev–Trinajstić information content (AvgIpc) is 2.77. The van der Waals surface area contributed by atoms with Crippen molar-refractivity contribution >= 4 is 21.4 Å². The zero-order valence-electron chi connectivity index (χ0n) is 10.4. The highest BCUT2D eigenvalue weighted by Gasteiger charge is 2.38. The second kappa shape index (κ2) is 4.87. The third-order valence-corrected chi connectivity index (χ3v) is 3.88. The molecule has 1 aromatic heterocycles. The van der Waals surface area contributed by atoms with E-state index >= 15 is 0 Å². The summed E-state index contributed by atoms with van der Waals surface area (Å²) < 4.78 is 27.6. The summed E-state index contributed by atoms with van der Waals surface area (Å²) in [6.07, 6.45) is 2.81. The maximum absolute atomic E-state index is 12.0. The Hall–Kier alpha value is -1.51. The second-order valence-corrected chi connectivity index (χ2v) is 6.53. The number of nitrogens with one attached hydrogen (secondary N) is 1. The van der Waals surface area contributed by atoms with Crippen LogP contribution in [-0.4, -0.2) is 44.3 Å². The van der Waals surface area contributed by atoms with Crippen LogP contribution in [0.15, 0.2) is 23.4 Å². The molecule has 0 aliphatic carbocycles. The van der Waals surface area contributed by atoms with Crippen LogP contribution >= 0.6 is 0 Å². The zero-order valence-corrected chi connectivity index (χ0v) is 11.2. The molecule has 7 nitrogen and oxygen atoms in total. The summed E-state index contributed by atoms with van der Waals surface area (Å²) in [6, 6.07) is 2.81. The van der Waals surface area contributed by atoms with E-state index in [0.29, 0.717) is 18.7 Å².